The molecule has 8 rings (SSSR count). The fourth-order valence-corrected chi connectivity index (χ4v) is 16.5. The molecule has 0 heterocycles. The Labute approximate surface area is 450 Å². The minimum Gasteiger partial charge on any atom is -0.747 e. The average Bonchev–Trinajstić information content (AvgIpc) is 4.00. The maximum atomic E-state index is 5.71. The Morgan fingerprint density at radius 2 is 0.795 bits per heavy atom. The number of methoxy groups -OCH3 is 4. The van der Waals surface area contributed by atoms with Crippen LogP contribution in [0.1, 0.15) is 78.8 Å². The molecule has 0 unspecified atom stereocenters. The molecule has 388 valence electrons. The monoisotopic (exact) mass is 1050 g/mol. The SMILES string of the molecule is COc1c(C)cc(P(c2cc(C)c(OC)c(C)c2)[c-]2[cH-][cH-][cH-][c-]2[C@@H](c2ccccc2)N(C)C)cc1C.COc1c(C)cc(P(c2cc(C)c(OC)c(C)c2)[c-]2cccc2[C@@H](c2ccccc2)N(C)C)cc1C.[Fe]. The van der Waals surface area contributed by atoms with E-state index in [-0.39, 0.29) is 29.2 Å². The molecule has 0 saturated carbocycles. The maximum absolute atomic E-state index is 5.71. The van der Waals surface area contributed by atoms with Crippen molar-refractivity contribution in [2.75, 3.05) is 56.6 Å². The Morgan fingerprint density at radius 1 is 0.438 bits per heavy atom. The number of hydrogen-bond donors (Lipinski definition) is 0. The molecule has 0 spiro atoms. The number of benzene rings is 6. The van der Waals surface area contributed by atoms with Crippen LogP contribution in [-0.2, 0) is 17.1 Å². The third-order valence-corrected chi connectivity index (χ3v) is 18.5. The topological polar surface area (TPSA) is 43.4 Å². The summed E-state index contributed by atoms with van der Waals surface area (Å²) in [7, 11) is 14.1. The van der Waals surface area contributed by atoms with Gasteiger partial charge < -0.3 is 57.8 Å². The van der Waals surface area contributed by atoms with Gasteiger partial charge >= 0.3 is 0 Å². The number of rotatable bonds is 16. The van der Waals surface area contributed by atoms with E-state index in [1.54, 1.807) is 28.4 Å². The van der Waals surface area contributed by atoms with Gasteiger partial charge in [0.2, 0.25) is 0 Å². The van der Waals surface area contributed by atoms with Crippen LogP contribution in [0.5, 0.6) is 23.0 Å². The van der Waals surface area contributed by atoms with Gasteiger partial charge in [-0.05, 0) is 169 Å². The molecular weight excluding hydrogens is 979 g/mol. The summed E-state index contributed by atoms with van der Waals surface area (Å²) in [5, 5.41) is 8.12. The molecule has 2 atom stereocenters. The predicted octanol–water partition coefficient (Wildman–Crippen LogP) is 12.1. The molecule has 8 aromatic carbocycles. The summed E-state index contributed by atoms with van der Waals surface area (Å²) in [5.41, 5.74) is 14.7. The molecule has 73 heavy (non-hydrogen) atoms. The van der Waals surface area contributed by atoms with Crippen LogP contribution < -0.4 is 50.8 Å². The van der Waals surface area contributed by atoms with Crippen molar-refractivity contribution in [3.63, 3.8) is 0 Å². The van der Waals surface area contributed by atoms with Crippen molar-refractivity contribution in [1.29, 1.82) is 0 Å². The Morgan fingerprint density at radius 3 is 1.14 bits per heavy atom. The molecule has 0 aliphatic carbocycles. The van der Waals surface area contributed by atoms with Gasteiger partial charge in [-0.25, -0.2) is 20.1 Å². The van der Waals surface area contributed by atoms with Gasteiger partial charge in [0.25, 0.3) is 0 Å². The molecule has 0 aliphatic rings. The fraction of sp³-hybridized carbons (Fsp3) is 0.281. The molecule has 0 bridgehead atoms. The Kier molecular flexibility index (Phi) is 19.6. The van der Waals surface area contributed by atoms with E-state index in [0.29, 0.717) is 0 Å². The second-order valence-electron chi connectivity index (χ2n) is 19.4. The van der Waals surface area contributed by atoms with Crippen LogP contribution in [0.4, 0.5) is 0 Å². The van der Waals surface area contributed by atoms with Crippen molar-refractivity contribution in [3.05, 3.63) is 212 Å². The first-order chi connectivity index (χ1) is 34.5. The average molecular weight is 1050 g/mol. The van der Waals surface area contributed by atoms with Crippen LogP contribution in [0.2, 0.25) is 0 Å². The van der Waals surface area contributed by atoms with Crippen LogP contribution in [0.3, 0.4) is 0 Å². The van der Waals surface area contributed by atoms with Crippen molar-refractivity contribution in [3.8, 4) is 23.0 Å². The van der Waals surface area contributed by atoms with Gasteiger partial charge in [-0.2, -0.15) is 6.07 Å². The van der Waals surface area contributed by atoms with E-state index < -0.39 is 15.8 Å². The summed E-state index contributed by atoms with van der Waals surface area (Å²) < 4.78 is 22.8. The second kappa shape index (κ2) is 25.2. The molecule has 0 aromatic heterocycles. The van der Waals surface area contributed by atoms with E-state index in [1.807, 2.05) is 0 Å². The first-order valence-electron chi connectivity index (χ1n) is 24.7. The van der Waals surface area contributed by atoms with Crippen LogP contribution >= 0.6 is 15.8 Å². The molecule has 0 saturated heterocycles. The molecule has 0 amide bonds. The first-order valence-corrected chi connectivity index (χ1v) is 27.4. The van der Waals surface area contributed by atoms with E-state index in [2.05, 4.69) is 239 Å². The van der Waals surface area contributed by atoms with Gasteiger partial charge in [0.05, 0.1) is 28.4 Å². The second-order valence-corrected chi connectivity index (χ2v) is 23.8. The van der Waals surface area contributed by atoms with Gasteiger partial charge in [0, 0.05) is 23.1 Å². The summed E-state index contributed by atoms with van der Waals surface area (Å²) in [6.45, 7) is 17.2. The summed E-state index contributed by atoms with van der Waals surface area (Å²) in [5.74, 6) is 3.87. The molecule has 0 fully saturated rings. The van der Waals surface area contributed by atoms with Crippen LogP contribution in [-0.4, -0.2) is 66.4 Å². The maximum Gasteiger partial charge on any atom is 0.124 e. The number of ether oxygens (including phenoxy) is 4. The number of aryl methyl sites for hydroxylation is 8. The van der Waals surface area contributed by atoms with Gasteiger partial charge in [0.15, 0.2) is 0 Å². The third kappa shape index (κ3) is 12.2. The van der Waals surface area contributed by atoms with Crippen LogP contribution in [0, 0.1) is 55.4 Å². The molecular formula is C64H74FeN2O4P2-6. The van der Waals surface area contributed by atoms with E-state index in [1.165, 1.54) is 98.6 Å². The summed E-state index contributed by atoms with van der Waals surface area (Å²) in [4.78, 5) is 4.63. The number of nitrogens with zero attached hydrogens (tertiary/aromatic N) is 2. The largest absolute Gasteiger partial charge is 0.747 e. The van der Waals surface area contributed by atoms with Gasteiger partial charge in [-0.15, -0.1) is 16.9 Å². The predicted molar refractivity (Wildman–Crippen MR) is 310 cm³/mol. The molecule has 8 aromatic rings. The van der Waals surface area contributed by atoms with Gasteiger partial charge in [0.1, 0.15) is 23.0 Å². The van der Waals surface area contributed by atoms with E-state index >= 15 is 0 Å². The minimum absolute atomic E-state index is 0. The molecule has 0 radical (unpaired) electrons. The van der Waals surface area contributed by atoms with Crippen molar-refractivity contribution >= 4 is 47.7 Å². The Hall–Kier alpha value is -5.48. The first kappa shape index (κ1) is 56.8. The van der Waals surface area contributed by atoms with Crippen molar-refractivity contribution in [2.45, 2.75) is 67.5 Å². The third-order valence-electron chi connectivity index (χ3n) is 13.6. The van der Waals surface area contributed by atoms with Crippen molar-refractivity contribution < 1.29 is 36.0 Å². The summed E-state index contributed by atoms with van der Waals surface area (Å²) >= 11 is 0. The van der Waals surface area contributed by atoms with Crippen molar-refractivity contribution in [1.82, 2.24) is 9.80 Å². The van der Waals surface area contributed by atoms with Gasteiger partial charge in [-0.1, -0.05) is 109 Å². The fourth-order valence-electron chi connectivity index (χ4n) is 10.9. The van der Waals surface area contributed by atoms with Crippen LogP contribution in [0.25, 0.3) is 0 Å². The summed E-state index contributed by atoms with van der Waals surface area (Å²) in [6, 6.07) is 54.1. The van der Waals surface area contributed by atoms with E-state index in [4.69, 9.17) is 18.9 Å². The van der Waals surface area contributed by atoms with E-state index in [9.17, 15) is 0 Å². The molecule has 9 heteroatoms. The normalized spacial score (nSPS) is 12.1. The Balaban J connectivity index is 0.000000235. The molecule has 0 N–H and O–H groups in total. The summed E-state index contributed by atoms with van der Waals surface area (Å²) in [6.07, 6.45) is 0. The standard InChI is InChI=1S/2C32H37NO2P.Fe/c2*1-21-17-26(18-22(2)31(21)34-7)36(27-19-23(3)32(35-8)24(4)20-27)29-16-12-15-28(29)30(33(5)6)25-13-10-9-11-14-25;/h2*9-20,30H,1-8H3;/q-5;-1;/t2*30-;/m11./s1. The molecule has 0 aliphatic heterocycles. The minimum atomic E-state index is -0.815. The number of hydrogen-bond acceptors (Lipinski definition) is 6. The van der Waals surface area contributed by atoms with Crippen molar-refractivity contribution in [2.24, 2.45) is 0 Å². The quantitative estimate of drug-likeness (QED) is 0.0546. The smallest absolute Gasteiger partial charge is 0.124 e. The zero-order valence-electron chi connectivity index (χ0n) is 45.8. The molecule has 6 nitrogen and oxygen atoms in total. The van der Waals surface area contributed by atoms with Gasteiger partial charge in [-0.3, -0.25) is 0 Å². The Bertz CT molecular complexity index is 2680. The zero-order valence-corrected chi connectivity index (χ0v) is 48.7. The zero-order chi connectivity index (χ0) is 52.0. The van der Waals surface area contributed by atoms with Crippen LogP contribution in [0.15, 0.2) is 146 Å². The van der Waals surface area contributed by atoms with E-state index in [0.717, 1.165) is 23.0 Å².